The third kappa shape index (κ3) is 5.25. The van der Waals surface area contributed by atoms with Gasteiger partial charge in [0.05, 0.1) is 7.11 Å². The van der Waals surface area contributed by atoms with Crippen LogP contribution in [-0.2, 0) is 9.59 Å². The van der Waals surface area contributed by atoms with Gasteiger partial charge < -0.3 is 20.1 Å². The summed E-state index contributed by atoms with van der Waals surface area (Å²) in [4.78, 5) is 25.5. The van der Waals surface area contributed by atoms with Crippen LogP contribution in [0.15, 0.2) is 24.3 Å². The van der Waals surface area contributed by atoms with Crippen LogP contribution in [0.1, 0.15) is 39.2 Å². The summed E-state index contributed by atoms with van der Waals surface area (Å²) in [5.41, 5.74) is 5.90. The van der Waals surface area contributed by atoms with Crippen LogP contribution in [0, 0.1) is 5.92 Å². The van der Waals surface area contributed by atoms with Gasteiger partial charge in [-0.3, -0.25) is 9.59 Å². The molecule has 142 valence electrons. The molecule has 0 radical (unpaired) electrons. The molecule has 0 spiro atoms. The largest absolute Gasteiger partial charge is 0.493 e. The molecule has 2 rings (SSSR count). The number of benzene rings is 1. The van der Waals surface area contributed by atoms with E-state index in [4.69, 9.17) is 15.2 Å². The molecule has 0 saturated heterocycles. The van der Waals surface area contributed by atoms with Crippen LogP contribution < -0.4 is 15.2 Å². The Labute approximate surface area is 154 Å². The Morgan fingerprint density at radius 1 is 1.27 bits per heavy atom. The fourth-order valence-corrected chi connectivity index (χ4v) is 2.70. The van der Waals surface area contributed by atoms with E-state index in [0.717, 1.165) is 18.4 Å². The monoisotopic (exact) mass is 360 g/mol. The van der Waals surface area contributed by atoms with E-state index in [0.29, 0.717) is 23.5 Å². The zero-order valence-electron chi connectivity index (χ0n) is 15.9. The number of hydrogen-bond acceptors (Lipinski definition) is 4. The number of carbonyl (C=O) groups is 2. The van der Waals surface area contributed by atoms with Gasteiger partial charge in [0, 0.05) is 18.2 Å². The van der Waals surface area contributed by atoms with Crippen molar-refractivity contribution >= 4 is 17.9 Å². The molecule has 1 aliphatic carbocycles. The molecule has 1 aromatic carbocycles. The van der Waals surface area contributed by atoms with Gasteiger partial charge >= 0.3 is 0 Å². The second kappa shape index (κ2) is 8.74. The van der Waals surface area contributed by atoms with Gasteiger partial charge in [-0.05, 0) is 49.5 Å². The maximum absolute atomic E-state index is 12.7. The lowest BCUT2D eigenvalue weighted by atomic mass is 10.0. The summed E-state index contributed by atoms with van der Waals surface area (Å²) in [6, 6.07) is 5.83. The Bertz CT molecular complexity index is 680. The van der Waals surface area contributed by atoms with Crippen LogP contribution in [-0.4, -0.2) is 42.5 Å². The van der Waals surface area contributed by atoms with E-state index in [1.165, 1.54) is 7.11 Å². The molecule has 6 heteroatoms. The minimum atomic E-state index is -0.555. The summed E-state index contributed by atoms with van der Waals surface area (Å²) in [7, 11) is 1.52. The van der Waals surface area contributed by atoms with Crippen LogP contribution in [0.3, 0.4) is 0 Å². The number of primary amides is 1. The lowest BCUT2D eigenvalue weighted by Crippen LogP contribution is -2.42. The molecule has 0 heterocycles. The zero-order valence-corrected chi connectivity index (χ0v) is 15.9. The van der Waals surface area contributed by atoms with E-state index in [9.17, 15) is 9.59 Å². The third-order valence-electron chi connectivity index (χ3n) is 4.57. The molecule has 2 amide bonds. The SMILES string of the molecule is COc1cc(/C=C\C(=O)N(C2CC2)[C@H](C)C(C)C)ccc1OCC(N)=O. The van der Waals surface area contributed by atoms with Crippen molar-refractivity contribution in [2.75, 3.05) is 13.7 Å². The van der Waals surface area contributed by atoms with Crippen molar-refractivity contribution in [3.05, 3.63) is 29.8 Å². The van der Waals surface area contributed by atoms with E-state index in [-0.39, 0.29) is 18.6 Å². The van der Waals surface area contributed by atoms with Crippen LogP contribution in [0.4, 0.5) is 0 Å². The van der Waals surface area contributed by atoms with Crippen molar-refractivity contribution in [3.8, 4) is 11.5 Å². The second-order valence-corrected chi connectivity index (χ2v) is 6.96. The Morgan fingerprint density at radius 3 is 2.50 bits per heavy atom. The van der Waals surface area contributed by atoms with Crippen LogP contribution in [0.5, 0.6) is 11.5 Å². The molecule has 0 unspecified atom stereocenters. The Kier molecular flexibility index (Phi) is 6.66. The average molecular weight is 360 g/mol. The molecule has 1 aliphatic rings. The number of nitrogens with zero attached hydrogens (tertiary/aromatic N) is 1. The molecule has 0 aromatic heterocycles. The summed E-state index contributed by atoms with van der Waals surface area (Å²) in [6.07, 6.45) is 5.54. The summed E-state index contributed by atoms with van der Waals surface area (Å²) in [6.45, 7) is 6.15. The van der Waals surface area contributed by atoms with Crippen LogP contribution in [0.2, 0.25) is 0 Å². The predicted octanol–water partition coefficient (Wildman–Crippen LogP) is 2.61. The highest BCUT2D eigenvalue weighted by Crippen LogP contribution is 2.31. The number of methoxy groups -OCH3 is 1. The summed E-state index contributed by atoms with van der Waals surface area (Å²) in [5.74, 6) is 0.802. The van der Waals surface area contributed by atoms with Gasteiger partial charge in [-0.2, -0.15) is 0 Å². The molecule has 1 saturated carbocycles. The Balaban J connectivity index is 2.10. The molecular weight excluding hydrogens is 332 g/mol. The topological polar surface area (TPSA) is 81.9 Å². The van der Waals surface area contributed by atoms with Gasteiger partial charge in [0.25, 0.3) is 5.91 Å². The van der Waals surface area contributed by atoms with E-state index in [2.05, 4.69) is 20.8 Å². The Hall–Kier alpha value is -2.50. The molecule has 1 atom stereocenters. The second-order valence-electron chi connectivity index (χ2n) is 6.96. The van der Waals surface area contributed by atoms with Gasteiger partial charge in [0.15, 0.2) is 18.1 Å². The fraction of sp³-hybridized carbons (Fsp3) is 0.500. The van der Waals surface area contributed by atoms with E-state index < -0.39 is 5.91 Å². The smallest absolute Gasteiger partial charge is 0.255 e. The first kappa shape index (κ1) is 19.8. The van der Waals surface area contributed by atoms with Gasteiger partial charge in [0.2, 0.25) is 5.91 Å². The highest BCUT2D eigenvalue weighted by molar-refractivity contribution is 5.92. The molecular formula is C20H28N2O4. The van der Waals surface area contributed by atoms with Gasteiger partial charge in [-0.25, -0.2) is 0 Å². The minimum absolute atomic E-state index is 0.0294. The first-order valence-electron chi connectivity index (χ1n) is 8.93. The summed E-state index contributed by atoms with van der Waals surface area (Å²) < 4.78 is 10.6. The lowest BCUT2D eigenvalue weighted by Gasteiger charge is -2.31. The van der Waals surface area contributed by atoms with Crippen molar-refractivity contribution in [3.63, 3.8) is 0 Å². The quantitative estimate of drug-likeness (QED) is 0.686. The number of rotatable bonds is 9. The number of amides is 2. The van der Waals surface area contributed by atoms with Crippen molar-refractivity contribution < 1.29 is 19.1 Å². The maximum atomic E-state index is 12.7. The molecule has 6 nitrogen and oxygen atoms in total. The highest BCUT2D eigenvalue weighted by atomic mass is 16.5. The molecule has 2 N–H and O–H groups in total. The van der Waals surface area contributed by atoms with E-state index in [1.807, 2.05) is 4.90 Å². The molecule has 0 bridgehead atoms. The standard InChI is InChI=1S/C20H28N2O4/c1-13(2)14(3)22(16-7-8-16)20(24)10-6-15-5-9-17(18(11-15)25-4)26-12-19(21)23/h5-6,9-11,13-14,16H,7-8,12H2,1-4H3,(H2,21,23)/b10-6-/t14-/m1/s1. The number of carbonyl (C=O) groups excluding carboxylic acids is 2. The predicted molar refractivity (Wildman–Crippen MR) is 101 cm³/mol. The summed E-state index contributed by atoms with van der Waals surface area (Å²) in [5, 5.41) is 0. The number of nitrogens with two attached hydrogens (primary N) is 1. The van der Waals surface area contributed by atoms with Crippen molar-refractivity contribution in [2.24, 2.45) is 11.7 Å². The Morgan fingerprint density at radius 2 is 1.96 bits per heavy atom. The number of hydrogen-bond donors (Lipinski definition) is 1. The van der Waals surface area contributed by atoms with Gasteiger partial charge in [-0.1, -0.05) is 19.9 Å². The van der Waals surface area contributed by atoms with E-state index >= 15 is 0 Å². The normalized spacial score (nSPS) is 15.1. The van der Waals surface area contributed by atoms with Crippen molar-refractivity contribution in [1.29, 1.82) is 0 Å². The molecule has 0 aliphatic heterocycles. The van der Waals surface area contributed by atoms with Gasteiger partial charge in [0.1, 0.15) is 0 Å². The van der Waals surface area contributed by atoms with Crippen LogP contribution in [0.25, 0.3) is 6.08 Å². The minimum Gasteiger partial charge on any atom is -0.493 e. The average Bonchev–Trinajstić information content (AvgIpc) is 3.43. The number of ether oxygens (including phenoxy) is 2. The first-order chi connectivity index (χ1) is 12.3. The molecule has 1 fully saturated rings. The fourth-order valence-electron chi connectivity index (χ4n) is 2.70. The maximum Gasteiger partial charge on any atom is 0.255 e. The zero-order chi connectivity index (χ0) is 19.3. The summed E-state index contributed by atoms with van der Waals surface area (Å²) >= 11 is 0. The van der Waals surface area contributed by atoms with Gasteiger partial charge in [-0.15, -0.1) is 0 Å². The molecule has 1 aromatic rings. The first-order valence-corrected chi connectivity index (χ1v) is 8.93. The van der Waals surface area contributed by atoms with Crippen molar-refractivity contribution in [2.45, 2.75) is 45.7 Å². The van der Waals surface area contributed by atoms with Crippen molar-refractivity contribution in [1.82, 2.24) is 4.90 Å². The lowest BCUT2D eigenvalue weighted by molar-refractivity contribution is -0.129. The highest BCUT2D eigenvalue weighted by Gasteiger charge is 2.35. The van der Waals surface area contributed by atoms with E-state index in [1.54, 1.807) is 30.4 Å². The van der Waals surface area contributed by atoms with Crippen LogP contribution >= 0.6 is 0 Å². The third-order valence-corrected chi connectivity index (χ3v) is 4.57. The molecule has 26 heavy (non-hydrogen) atoms.